The topological polar surface area (TPSA) is 103 Å². The number of nitro groups is 1. The maximum atomic E-state index is 13.0. The zero-order valence-corrected chi connectivity index (χ0v) is 12.3. The maximum absolute atomic E-state index is 13.0. The number of hydrogen-bond acceptors (Lipinski definition) is 5. The number of ether oxygens (including phenoxy) is 1. The monoisotopic (exact) mass is 327 g/mol. The molecular formula is C12H11F3LiN2O5. The molecule has 7 nitrogen and oxygen atoms in total. The maximum Gasteiger partial charge on any atom is 0.421 e. The van der Waals surface area contributed by atoms with Crippen LogP contribution < -0.4 is 4.74 Å². The number of hydrogen-bond donors (Lipinski definition) is 1. The molecule has 1 atom stereocenters. The number of alkyl halides is 3. The summed E-state index contributed by atoms with van der Waals surface area (Å²) < 4.78 is 43.8. The molecule has 11 heteroatoms. The van der Waals surface area contributed by atoms with Crippen LogP contribution in [0.3, 0.4) is 0 Å². The molecule has 0 unspecified atom stereocenters. The third-order valence-electron chi connectivity index (χ3n) is 2.48. The van der Waals surface area contributed by atoms with Crippen molar-refractivity contribution in [1.29, 1.82) is 0 Å². The average molecular weight is 327 g/mol. The van der Waals surface area contributed by atoms with Crippen LogP contribution in [0.5, 0.6) is 5.88 Å². The van der Waals surface area contributed by atoms with E-state index in [9.17, 15) is 28.1 Å². The summed E-state index contributed by atoms with van der Waals surface area (Å²) in [4.78, 5) is 23.6. The van der Waals surface area contributed by atoms with Gasteiger partial charge in [-0.15, -0.1) is 6.58 Å². The number of carbonyl (C=O) groups is 1. The first kappa shape index (κ1) is 20.9. The van der Waals surface area contributed by atoms with E-state index in [0.29, 0.717) is 0 Å². The Hall–Kier alpha value is -2.05. The number of carboxylic acid groups (broad SMARTS) is 1. The summed E-state index contributed by atoms with van der Waals surface area (Å²) in [6, 6.07) is 0.104. The summed E-state index contributed by atoms with van der Waals surface area (Å²) in [6.07, 6.45) is -4.19. The van der Waals surface area contributed by atoms with Crippen LogP contribution in [0.15, 0.2) is 18.7 Å². The molecule has 0 aromatic carbocycles. The fourth-order valence-electron chi connectivity index (χ4n) is 1.55. The minimum Gasteiger partial charge on any atom is -0.476 e. The van der Waals surface area contributed by atoms with Crippen LogP contribution in [0.1, 0.15) is 29.4 Å². The Kier molecular flexibility index (Phi) is 7.27. The first-order valence-corrected chi connectivity index (χ1v) is 5.85. The molecule has 0 fully saturated rings. The van der Waals surface area contributed by atoms with Gasteiger partial charge in [0.2, 0.25) is 11.6 Å². The predicted molar refractivity (Wildman–Crippen MR) is 73.5 cm³/mol. The Morgan fingerprint density at radius 1 is 1.61 bits per heavy atom. The summed E-state index contributed by atoms with van der Waals surface area (Å²) >= 11 is 0. The minimum atomic E-state index is -4.99. The molecule has 1 aromatic heterocycles. The van der Waals surface area contributed by atoms with Crippen LogP contribution in [0, 0.1) is 10.1 Å². The molecule has 23 heavy (non-hydrogen) atoms. The van der Waals surface area contributed by atoms with Gasteiger partial charge >= 0.3 is 17.8 Å². The standard InChI is InChI=1S/C12H11F3N2O5.Li/c1-3-4-6(2)22-10-7(12(13,14)15)5-8(17(20)21)9(16-10)11(18)19;/h3,5-6H,1,4H2,2H3,(H,18,19);/t6-;/m1./s1. The first-order valence-electron chi connectivity index (χ1n) is 5.85. The second-order valence-electron chi connectivity index (χ2n) is 4.22. The van der Waals surface area contributed by atoms with Crippen molar-refractivity contribution in [3.05, 3.63) is 40.1 Å². The molecule has 1 heterocycles. The second-order valence-corrected chi connectivity index (χ2v) is 4.22. The molecule has 0 amide bonds. The summed E-state index contributed by atoms with van der Waals surface area (Å²) in [7, 11) is 0. The van der Waals surface area contributed by atoms with Gasteiger partial charge in [0.05, 0.1) is 4.92 Å². The van der Waals surface area contributed by atoms with Crippen LogP contribution in [-0.4, -0.2) is 45.9 Å². The van der Waals surface area contributed by atoms with Crippen LogP contribution >= 0.6 is 0 Å². The number of nitrogens with zero attached hydrogens (tertiary/aromatic N) is 2. The van der Waals surface area contributed by atoms with Crippen molar-refractivity contribution in [2.24, 2.45) is 0 Å². The van der Waals surface area contributed by atoms with E-state index < -0.39 is 46.0 Å². The van der Waals surface area contributed by atoms with Crippen molar-refractivity contribution in [1.82, 2.24) is 4.98 Å². The number of rotatable bonds is 6. The van der Waals surface area contributed by atoms with Gasteiger partial charge in [-0.3, -0.25) is 10.1 Å². The van der Waals surface area contributed by atoms with Gasteiger partial charge in [-0.25, -0.2) is 4.79 Å². The molecule has 1 rings (SSSR count). The summed E-state index contributed by atoms with van der Waals surface area (Å²) in [5.74, 6) is -2.86. The quantitative estimate of drug-likeness (QED) is 0.373. The normalized spacial score (nSPS) is 12.0. The van der Waals surface area contributed by atoms with Crippen molar-refractivity contribution < 1.29 is 32.7 Å². The number of pyridine rings is 1. The van der Waals surface area contributed by atoms with Crippen molar-refractivity contribution in [3.63, 3.8) is 0 Å². The molecule has 0 aliphatic carbocycles. The molecule has 0 saturated heterocycles. The summed E-state index contributed by atoms with van der Waals surface area (Å²) in [5.41, 5.74) is -3.90. The minimum absolute atomic E-state index is 0. The van der Waals surface area contributed by atoms with Crippen LogP contribution in [0.4, 0.5) is 18.9 Å². The molecule has 0 aliphatic heterocycles. The van der Waals surface area contributed by atoms with Gasteiger partial charge in [0.1, 0.15) is 11.7 Å². The first-order chi connectivity index (χ1) is 10.1. The van der Waals surface area contributed by atoms with Crippen LogP contribution in [0.2, 0.25) is 0 Å². The Morgan fingerprint density at radius 2 is 2.17 bits per heavy atom. The number of halogens is 3. The second kappa shape index (κ2) is 7.98. The van der Waals surface area contributed by atoms with E-state index in [1.807, 2.05) is 0 Å². The van der Waals surface area contributed by atoms with Gasteiger partial charge in [0, 0.05) is 31.3 Å². The Bertz CT molecular complexity index is 621. The van der Waals surface area contributed by atoms with E-state index in [1.54, 1.807) is 0 Å². The van der Waals surface area contributed by atoms with Gasteiger partial charge < -0.3 is 9.84 Å². The molecule has 1 aromatic rings. The zero-order valence-electron chi connectivity index (χ0n) is 12.3. The van der Waals surface area contributed by atoms with Crippen molar-refractivity contribution in [3.8, 4) is 5.88 Å². The molecule has 0 aliphatic rings. The molecule has 121 valence electrons. The Morgan fingerprint density at radius 3 is 2.57 bits per heavy atom. The van der Waals surface area contributed by atoms with Gasteiger partial charge in [0.15, 0.2) is 0 Å². The van der Waals surface area contributed by atoms with Crippen LogP contribution in [-0.2, 0) is 6.18 Å². The fourth-order valence-corrected chi connectivity index (χ4v) is 1.55. The summed E-state index contributed by atoms with van der Waals surface area (Å²) in [6.45, 7) is 4.81. The van der Waals surface area contributed by atoms with Gasteiger partial charge in [-0.1, -0.05) is 6.08 Å². The third-order valence-corrected chi connectivity index (χ3v) is 2.48. The molecule has 0 spiro atoms. The van der Waals surface area contributed by atoms with E-state index in [2.05, 4.69) is 11.6 Å². The average Bonchev–Trinajstić information content (AvgIpc) is 2.36. The Labute approximate surface area is 140 Å². The van der Waals surface area contributed by atoms with E-state index in [4.69, 9.17) is 9.84 Å². The molecule has 1 radical (unpaired) electrons. The van der Waals surface area contributed by atoms with E-state index in [0.717, 1.165) is 0 Å². The van der Waals surface area contributed by atoms with Crippen LogP contribution in [0.25, 0.3) is 0 Å². The summed E-state index contributed by atoms with van der Waals surface area (Å²) in [5, 5.41) is 19.6. The zero-order chi connectivity index (χ0) is 17.1. The van der Waals surface area contributed by atoms with E-state index >= 15 is 0 Å². The van der Waals surface area contributed by atoms with E-state index in [-0.39, 0.29) is 31.3 Å². The molecular weight excluding hydrogens is 316 g/mol. The van der Waals surface area contributed by atoms with Gasteiger partial charge in [0.25, 0.3) is 0 Å². The third kappa shape index (κ3) is 5.26. The molecule has 1 N–H and O–H groups in total. The van der Waals surface area contributed by atoms with Gasteiger partial charge in [-0.05, 0) is 6.92 Å². The van der Waals surface area contributed by atoms with E-state index in [1.165, 1.54) is 13.0 Å². The SMILES string of the molecule is C=CC[C@@H](C)Oc1nc(C(=O)O)c([N+](=O)[O-])cc1C(F)(F)F.[Li]. The molecule has 0 saturated carbocycles. The largest absolute Gasteiger partial charge is 0.476 e. The van der Waals surface area contributed by atoms with Crippen molar-refractivity contribution in [2.75, 3.05) is 0 Å². The number of carboxylic acids is 1. The molecule has 0 bridgehead atoms. The number of aromatic carboxylic acids is 1. The Balaban J connectivity index is 0.00000484. The van der Waals surface area contributed by atoms with Crippen molar-refractivity contribution >= 4 is 30.5 Å². The van der Waals surface area contributed by atoms with Crippen molar-refractivity contribution in [2.45, 2.75) is 25.6 Å². The number of aromatic nitrogens is 1. The predicted octanol–water partition coefficient (Wildman–Crippen LogP) is 2.67. The smallest absolute Gasteiger partial charge is 0.421 e. The van der Waals surface area contributed by atoms with Gasteiger partial charge in [-0.2, -0.15) is 18.2 Å². The fraction of sp³-hybridized carbons (Fsp3) is 0.333.